The summed E-state index contributed by atoms with van der Waals surface area (Å²) in [5.74, 6) is 0.620. The second kappa shape index (κ2) is 10.1. The summed E-state index contributed by atoms with van der Waals surface area (Å²) in [7, 11) is 23.3. The van der Waals surface area contributed by atoms with E-state index in [0.29, 0.717) is 52.3 Å². The summed E-state index contributed by atoms with van der Waals surface area (Å²) < 4.78 is -1.63. The number of fused-ring (bicyclic) bond motifs is 1. The molecule has 3 heterocycles. The van der Waals surface area contributed by atoms with Gasteiger partial charge in [0.1, 0.15) is 49.4 Å². The second-order valence-electron chi connectivity index (χ2n) is 7.83. The van der Waals surface area contributed by atoms with Crippen LogP contribution in [0.3, 0.4) is 0 Å². The summed E-state index contributed by atoms with van der Waals surface area (Å²) in [6.07, 6.45) is 3.59. The molecule has 0 fully saturated rings. The van der Waals surface area contributed by atoms with Crippen LogP contribution >= 0.6 is 12.6 Å². The Bertz CT molecular complexity index is 1390. The van der Waals surface area contributed by atoms with Crippen molar-refractivity contribution in [3.63, 3.8) is 0 Å². The highest BCUT2D eigenvalue weighted by Crippen LogP contribution is 2.22. The van der Waals surface area contributed by atoms with E-state index in [2.05, 4.69) is 48.2 Å². The van der Waals surface area contributed by atoms with Gasteiger partial charge in [0.25, 0.3) is 5.91 Å². The lowest BCUT2D eigenvalue weighted by atomic mass is 9.77. The molecule has 3 aromatic heterocycles. The fourth-order valence-corrected chi connectivity index (χ4v) is 3.78. The van der Waals surface area contributed by atoms with Gasteiger partial charge in [0.2, 0.25) is 0 Å². The van der Waals surface area contributed by atoms with Crippen molar-refractivity contribution in [2.24, 2.45) is 0 Å². The van der Waals surface area contributed by atoms with Crippen molar-refractivity contribution in [2.75, 3.05) is 11.9 Å². The Morgan fingerprint density at radius 2 is 1.83 bits per heavy atom. The van der Waals surface area contributed by atoms with Crippen LogP contribution < -0.4 is 21.8 Å². The predicted octanol–water partition coefficient (Wildman–Crippen LogP) is -0.360. The highest BCUT2D eigenvalue weighted by atomic mass is 32.1. The first kappa shape index (κ1) is 24.8. The average Bonchev–Trinajstić information content (AvgIpc) is 2.77. The van der Waals surface area contributed by atoms with Crippen LogP contribution in [-0.2, 0) is 6.42 Å². The summed E-state index contributed by atoms with van der Waals surface area (Å²) in [6, 6.07) is 8.96. The Kier molecular flexibility index (Phi) is 7.16. The minimum Gasteiger partial charge on any atom is -0.370 e. The fourth-order valence-electron chi connectivity index (χ4n) is 3.68. The largest absolute Gasteiger partial charge is 0.370 e. The van der Waals surface area contributed by atoms with Crippen LogP contribution in [0.15, 0.2) is 42.9 Å². The number of benzene rings is 1. The van der Waals surface area contributed by atoms with E-state index in [4.69, 9.17) is 31.4 Å². The first-order valence-electron chi connectivity index (χ1n) is 10.6. The van der Waals surface area contributed by atoms with Gasteiger partial charge in [-0.1, -0.05) is 18.2 Å². The van der Waals surface area contributed by atoms with Gasteiger partial charge >= 0.3 is 0 Å². The number of hydrogen-bond donors (Lipinski definition) is 3. The highest BCUT2D eigenvalue weighted by molar-refractivity contribution is 7.84. The smallest absolute Gasteiger partial charge is 0.251 e. The van der Waals surface area contributed by atoms with E-state index in [0.717, 1.165) is 5.56 Å². The number of nitrogens with zero attached hydrogens (tertiary/aromatic N) is 5. The third-order valence-corrected chi connectivity index (χ3v) is 5.23. The van der Waals surface area contributed by atoms with Gasteiger partial charge in [0.05, 0.1) is 16.8 Å². The summed E-state index contributed by atoms with van der Waals surface area (Å²) >= 11 is 3.95. The van der Waals surface area contributed by atoms with Crippen molar-refractivity contribution in [1.29, 1.82) is 0 Å². The monoisotopic (exact) mass is 471 g/mol. The van der Waals surface area contributed by atoms with Gasteiger partial charge in [0.15, 0.2) is 0 Å². The van der Waals surface area contributed by atoms with E-state index >= 15 is 0 Å². The van der Waals surface area contributed by atoms with E-state index in [1.165, 1.54) is 6.33 Å². The third kappa shape index (κ3) is 5.85. The lowest BCUT2D eigenvalue weighted by Gasteiger charge is -2.21. The summed E-state index contributed by atoms with van der Waals surface area (Å²) in [6.45, 7) is 2.25. The number of nitrogens with one attached hydrogen (secondary N) is 2. The molecule has 1 aromatic carbocycles. The molecular weight excluding hydrogens is 454 g/mol. The highest BCUT2D eigenvalue weighted by Gasteiger charge is 2.18. The van der Waals surface area contributed by atoms with E-state index in [-0.39, 0.29) is 11.2 Å². The predicted molar refractivity (Wildman–Crippen MR) is 143 cm³/mol. The Labute approximate surface area is 213 Å². The van der Waals surface area contributed by atoms with Crippen molar-refractivity contribution in [3.8, 4) is 11.3 Å². The minimum absolute atomic E-state index is 0.251. The quantitative estimate of drug-likeness (QED) is 0.192. The SMILES string of the molecule is [B]c1nc(C)nc([B])c1-c1cc(NCCc2cccc3c(C(=O)NC([B])([B])S)ccnc23)ncn1. The van der Waals surface area contributed by atoms with Crippen LogP contribution in [0.4, 0.5) is 5.82 Å². The maximum atomic E-state index is 12.6. The van der Waals surface area contributed by atoms with Gasteiger partial charge in [0, 0.05) is 34.4 Å². The van der Waals surface area contributed by atoms with Gasteiger partial charge in [-0.2, -0.15) is 12.6 Å². The molecule has 8 radical (unpaired) electrons. The van der Waals surface area contributed by atoms with E-state index < -0.39 is 10.6 Å². The van der Waals surface area contributed by atoms with Crippen LogP contribution in [0.5, 0.6) is 0 Å². The molecule has 0 unspecified atom stereocenters. The normalized spacial score (nSPS) is 11.4. The zero-order chi connectivity index (χ0) is 25.2. The molecule has 4 rings (SSSR count). The molecule has 35 heavy (non-hydrogen) atoms. The first-order valence-corrected chi connectivity index (χ1v) is 11.0. The summed E-state index contributed by atoms with van der Waals surface area (Å²) in [4.78, 5) is 33.9. The van der Waals surface area contributed by atoms with E-state index in [9.17, 15) is 4.79 Å². The second-order valence-corrected chi connectivity index (χ2v) is 8.57. The number of aryl methyl sites for hydroxylation is 1. The molecule has 13 heteroatoms. The molecule has 0 aliphatic rings. The van der Waals surface area contributed by atoms with Crippen molar-refractivity contribution in [2.45, 2.75) is 18.0 Å². The Balaban J connectivity index is 1.52. The molecular formula is C22H17B4N7OS. The Hall–Kier alpha value is -3.33. The van der Waals surface area contributed by atoms with E-state index in [1.807, 2.05) is 18.2 Å². The van der Waals surface area contributed by atoms with Crippen molar-refractivity contribution in [3.05, 3.63) is 59.8 Å². The number of aromatic nitrogens is 5. The topological polar surface area (TPSA) is 106 Å². The van der Waals surface area contributed by atoms with Crippen molar-refractivity contribution < 1.29 is 4.79 Å². The molecule has 4 aromatic rings. The number of anilines is 1. The molecule has 0 aliphatic heterocycles. The van der Waals surface area contributed by atoms with Crippen LogP contribution in [0.2, 0.25) is 0 Å². The number of rotatable bonds is 7. The molecule has 8 nitrogen and oxygen atoms in total. The van der Waals surface area contributed by atoms with E-state index in [1.54, 1.807) is 25.3 Å². The number of carbonyl (C=O) groups excluding carboxylic acids is 1. The molecule has 0 saturated carbocycles. The molecule has 2 N–H and O–H groups in total. The summed E-state index contributed by atoms with van der Waals surface area (Å²) in [5.41, 5.74) is 3.51. The zero-order valence-corrected chi connectivity index (χ0v) is 19.8. The van der Waals surface area contributed by atoms with Crippen LogP contribution in [-0.4, -0.2) is 73.4 Å². The number of carbonyl (C=O) groups is 1. The molecule has 164 valence electrons. The first-order chi connectivity index (χ1) is 16.6. The standard InChI is InChI=1S/C22H17B4N7OS/c1-11-31-19(23)17(20(24)32-11)15-9-16(30-10-29-15)27-7-5-12-3-2-4-13-14(6-8-28-18(12)13)21(34)33-22(25,26)35/h2-4,6,8-10,35H,5,7H2,1H3,(H,33,34)(H,27,29,30). The number of thiol groups is 1. The van der Waals surface area contributed by atoms with Gasteiger partial charge < -0.3 is 10.6 Å². The van der Waals surface area contributed by atoms with Gasteiger partial charge in [-0.05, 0) is 36.2 Å². The molecule has 1 amide bonds. The molecule has 0 aliphatic carbocycles. The Morgan fingerprint density at radius 3 is 2.54 bits per heavy atom. The summed E-state index contributed by atoms with van der Waals surface area (Å²) in [5, 5.41) is 6.38. The van der Waals surface area contributed by atoms with Gasteiger partial charge in [-0.3, -0.25) is 9.78 Å². The fraction of sp³-hybridized carbons (Fsp3) is 0.182. The average molecular weight is 471 g/mol. The Morgan fingerprint density at radius 1 is 1.09 bits per heavy atom. The minimum atomic E-state index is -1.63. The maximum absolute atomic E-state index is 12.6. The lowest BCUT2D eigenvalue weighted by Crippen LogP contribution is -2.44. The maximum Gasteiger partial charge on any atom is 0.251 e. The third-order valence-electron chi connectivity index (χ3n) is 5.11. The van der Waals surface area contributed by atoms with Crippen molar-refractivity contribution in [1.82, 2.24) is 30.2 Å². The van der Waals surface area contributed by atoms with Gasteiger partial charge in [-0.15, -0.1) is 0 Å². The van der Waals surface area contributed by atoms with Crippen LogP contribution in [0.1, 0.15) is 21.7 Å². The molecule has 0 atom stereocenters. The number of hydrogen-bond acceptors (Lipinski definition) is 8. The van der Waals surface area contributed by atoms with Crippen molar-refractivity contribution >= 4 is 77.8 Å². The lowest BCUT2D eigenvalue weighted by molar-refractivity contribution is 0.0955. The molecule has 0 bridgehead atoms. The molecule has 0 saturated heterocycles. The van der Waals surface area contributed by atoms with Crippen LogP contribution in [0.25, 0.3) is 22.2 Å². The van der Waals surface area contributed by atoms with Crippen LogP contribution in [0, 0.1) is 6.92 Å². The number of amides is 1. The van der Waals surface area contributed by atoms with Gasteiger partial charge in [-0.25, -0.2) is 19.9 Å². The number of pyridine rings is 1. The molecule has 0 spiro atoms. The number of para-hydroxylation sites is 1. The zero-order valence-electron chi connectivity index (χ0n) is 18.9.